The maximum atomic E-state index is 13.4. The number of hydrogen-bond donors (Lipinski definition) is 2. The van der Waals surface area contributed by atoms with E-state index in [-0.39, 0.29) is 18.0 Å². The Kier molecular flexibility index (Phi) is 5.28. The molecule has 1 aromatic carbocycles. The first kappa shape index (κ1) is 22.1. The zero-order valence-electron chi connectivity index (χ0n) is 20.0. The molecule has 3 amide bonds. The number of carbonyl (C=O) groups is 2. The molecule has 5 heterocycles. The van der Waals surface area contributed by atoms with Crippen molar-refractivity contribution in [3.8, 4) is 0 Å². The van der Waals surface area contributed by atoms with E-state index in [1.807, 2.05) is 53.4 Å². The van der Waals surface area contributed by atoms with Gasteiger partial charge in [0.15, 0.2) is 5.13 Å². The lowest BCUT2D eigenvalue weighted by atomic mass is 9.89. The number of aromatic nitrogens is 3. The van der Waals surface area contributed by atoms with Crippen molar-refractivity contribution in [1.29, 1.82) is 0 Å². The Labute approximate surface area is 208 Å². The van der Waals surface area contributed by atoms with E-state index in [0.29, 0.717) is 18.8 Å². The Hall–Kier alpha value is -3.40. The number of anilines is 2. The van der Waals surface area contributed by atoms with E-state index >= 15 is 0 Å². The second-order valence-electron chi connectivity index (χ2n) is 9.98. The molecule has 0 atom stereocenters. The molecule has 9 nitrogen and oxygen atoms in total. The Balaban J connectivity index is 1.11. The SMILES string of the molecule is CC1(C)c2[nH]ncc2CCN1C(=O)c1csc(N2CCC(N3Cc4ccccc4NC3=O)CC2)n1. The number of benzene rings is 1. The van der Waals surface area contributed by atoms with Crippen LogP contribution < -0.4 is 10.2 Å². The van der Waals surface area contributed by atoms with Crippen molar-refractivity contribution in [3.63, 3.8) is 0 Å². The van der Waals surface area contributed by atoms with Gasteiger partial charge in [0.05, 0.1) is 17.4 Å². The molecule has 2 aromatic heterocycles. The largest absolute Gasteiger partial charge is 0.348 e. The van der Waals surface area contributed by atoms with Crippen molar-refractivity contribution in [2.24, 2.45) is 0 Å². The van der Waals surface area contributed by atoms with Crippen LogP contribution in [-0.4, -0.2) is 62.6 Å². The second-order valence-corrected chi connectivity index (χ2v) is 10.8. The van der Waals surface area contributed by atoms with E-state index in [1.165, 1.54) is 16.9 Å². The minimum absolute atomic E-state index is 0.0196. The van der Waals surface area contributed by atoms with Crippen LogP contribution in [0.1, 0.15) is 54.0 Å². The highest BCUT2D eigenvalue weighted by Crippen LogP contribution is 2.35. The molecule has 2 N–H and O–H groups in total. The topological polar surface area (TPSA) is 97.5 Å². The predicted octanol–water partition coefficient (Wildman–Crippen LogP) is 3.82. The van der Waals surface area contributed by atoms with Gasteiger partial charge >= 0.3 is 6.03 Å². The van der Waals surface area contributed by atoms with Gasteiger partial charge in [0.1, 0.15) is 5.69 Å². The summed E-state index contributed by atoms with van der Waals surface area (Å²) in [6.45, 7) is 7.01. The average molecular weight is 492 g/mol. The van der Waals surface area contributed by atoms with Crippen LogP contribution in [-0.2, 0) is 18.5 Å². The summed E-state index contributed by atoms with van der Waals surface area (Å²) in [5, 5.41) is 13.0. The summed E-state index contributed by atoms with van der Waals surface area (Å²) >= 11 is 1.52. The van der Waals surface area contributed by atoms with Crippen LogP contribution in [0.15, 0.2) is 35.8 Å². The summed E-state index contributed by atoms with van der Waals surface area (Å²) in [5.41, 5.74) is 4.27. The van der Waals surface area contributed by atoms with Crippen molar-refractivity contribution in [2.45, 2.75) is 51.2 Å². The standard InChI is InChI=1S/C25H29N7O2S/c1-25(2)21-16(13-26-29-21)7-12-32(25)22(33)20-15-35-24(28-20)30-10-8-18(9-11-30)31-14-17-5-3-4-6-19(17)27-23(31)34/h3-6,13,15,18H,7-12,14H2,1-2H3,(H,26,29)(H,27,34). The summed E-state index contributed by atoms with van der Waals surface area (Å²) in [6.07, 6.45) is 4.40. The van der Waals surface area contributed by atoms with Gasteiger partial charge in [0.25, 0.3) is 5.91 Å². The van der Waals surface area contributed by atoms with Gasteiger partial charge in [-0.3, -0.25) is 9.89 Å². The number of carbonyl (C=O) groups excluding carboxylic acids is 2. The Bertz CT molecular complexity index is 1270. The van der Waals surface area contributed by atoms with Crippen LogP contribution in [0.25, 0.3) is 0 Å². The Morgan fingerprint density at radius 2 is 1.94 bits per heavy atom. The predicted molar refractivity (Wildman–Crippen MR) is 135 cm³/mol. The molecule has 6 rings (SSSR count). The van der Waals surface area contributed by atoms with Gasteiger partial charge in [-0.05, 0) is 50.3 Å². The fourth-order valence-corrected chi connectivity index (χ4v) is 6.42. The minimum atomic E-state index is -0.461. The van der Waals surface area contributed by atoms with Gasteiger partial charge in [0, 0.05) is 43.3 Å². The van der Waals surface area contributed by atoms with Crippen LogP contribution in [0.4, 0.5) is 15.6 Å². The van der Waals surface area contributed by atoms with Crippen molar-refractivity contribution in [1.82, 2.24) is 25.0 Å². The molecule has 0 unspecified atom stereocenters. The quantitative estimate of drug-likeness (QED) is 0.581. The molecule has 3 aliphatic heterocycles. The van der Waals surface area contributed by atoms with Gasteiger partial charge < -0.3 is 20.0 Å². The van der Waals surface area contributed by atoms with Gasteiger partial charge in [-0.1, -0.05) is 18.2 Å². The molecular weight excluding hydrogens is 462 g/mol. The van der Waals surface area contributed by atoms with Gasteiger partial charge in [0.2, 0.25) is 0 Å². The van der Waals surface area contributed by atoms with Gasteiger partial charge in [-0.25, -0.2) is 9.78 Å². The van der Waals surface area contributed by atoms with E-state index in [9.17, 15) is 9.59 Å². The maximum absolute atomic E-state index is 13.4. The van der Waals surface area contributed by atoms with Crippen LogP contribution in [0, 0.1) is 0 Å². The number of amides is 3. The summed E-state index contributed by atoms with van der Waals surface area (Å²) in [6, 6.07) is 8.15. The number of hydrogen-bond acceptors (Lipinski definition) is 6. The zero-order chi connectivity index (χ0) is 24.2. The number of thiazole rings is 1. The molecular formula is C25H29N7O2S. The van der Waals surface area contributed by atoms with Crippen molar-refractivity contribution < 1.29 is 9.59 Å². The van der Waals surface area contributed by atoms with Crippen molar-refractivity contribution >= 4 is 34.1 Å². The van der Waals surface area contributed by atoms with E-state index in [1.54, 1.807) is 0 Å². The molecule has 3 aromatic rings. The summed E-state index contributed by atoms with van der Waals surface area (Å²) in [4.78, 5) is 36.9. The molecule has 0 aliphatic carbocycles. The number of nitrogens with zero attached hydrogens (tertiary/aromatic N) is 5. The monoisotopic (exact) mass is 491 g/mol. The summed E-state index contributed by atoms with van der Waals surface area (Å²) < 4.78 is 0. The molecule has 182 valence electrons. The second kappa shape index (κ2) is 8.37. The number of rotatable bonds is 3. The van der Waals surface area contributed by atoms with Crippen molar-refractivity contribution in [2.75, 3.05) is 29.9 Å². The van der Waals surface area contributed by atoms with Crippen LogP contribution in [0.2, 0.25) is 0 Å². The molecule has 0 spiro atoms. The minimum Gasteiger partial charge on any atom is -0.348 e. The smallest absolute Gasteiger partial charge is 0.322 e. The number of fused-ring (bicyclic) bond motifs is 2. The fraction of sp³-hybridized carbons (Fsp3) is 0.440. The molecule has 1 fully saturated rings. The molecule has 1 saturated heterocycles. The molecule has 0 radical (unpaired) electrons. The van der Waals surface area contributed by atoms with Crippen LogP contribution in [0.3, 0.4) is 0 Å². The summed E-state index contributed by atoms with van der Waals surface area (Å²) in [7, 11) is 0. The van der Waals surface area contributed by atoms with Crippen LogP contribution in [0.5, 0.6) is 0 Å². The third-order valence-electron chi connectivity index (χ3n) is 7.60. The number of urea groups is 1. The van der Waals surface area contributed by atoms with E-state index in [0.717, 1.165) is 54.4 Å². The normalized spacial score (nSPS) is 19.8. The first-order chi connectivity index (χ1) is 16.9. The van der Waals surface area contributed by atoms with Crippen molar-refractivity contribution in [3.05, 3.63) is 58.4 Å². The third kappa shape index (κ3) is 3.76. The number of para-hydroxylation sites is 1. The molecule has 3 aliphatic rings. The fourth-order valence-electron chi connectivity index (χ4n) is 5.56. The van der Waals surface area contributed by atoms with E-state index in [4.69, 9.17) is 4.98 Å². The highest BCUT2D eigenvalue weighted by Gasteiger charge is 2.40. The lowest BCUT2D eigenvalue weighted by Crippen LogP contribution is -2.50. The zero-order valence-corrected chi connectivity index (χ0v) is 20.8. The van der Waals surface area contributed by atoms with Gasteiger partial charge in [-0.15, -0.1) is 11.3 Å². The Morgan fingerprint density at radius 1 is 1.14 bits per heavy atom. The number of nitrogens with one attached hydrogen (secondary N) is 2. The molecule has 35 heavy (non-hydrogen) atoms. The maximum Gasteiger partial charge on any atom is 0.322 e. The average Bonchev–Trinajstić information content (AvgIpc) is 3.54. The molecule has 0 saturated carbocycles. The van der Waals surface area contributed by atoms with E-state index in [2.05, 4.69) is 26.5 Å². The first-order valence-electron chi connectivity index (χ1n) is 12.1. The lowest BCUT2D eigenvalue weighted by Gasteiger charge is -2.41. The first-order valence-corrected chi connectivity index (χ1v) is 13.0. The lowest BCUT2D eigenvalue weighted by molar-refractivity contribution is 0.0498. The highest BCUT2D eigenvalue weighted by atomic mass is 32.1. The van der Waals surface area contributed by atoms with Crippen LogP contribution >= 0.6 is 11.3 Å². The van der Waals surface area contributed by atoms with E-state index < -0.39 is 5.54 Å². The number of H-pyrrole nitrogens is 1. The van der Waals surface area contributed by atoms with Gasteiger partial charge in [-0.2, -0.15) is 5.10 Å². The molecule has 10 heteroatoms. The Morgan fingerprint density at radius 3 is 2.77 bits per heavy atom. The third-order valence-corrected chi connectivity index (χ3v) is 8.50. The highest BCUT2D eigenvalue weighted by molar-refractivity contribution is 7.13. The molecule has 0 bridgehead atoms. The number of piperidine rings is 1. The number of aromatic amines is 1. The summed E-state index contributed by atoms with van der Waals surface area (Å²) in [5.74, 6) is -0.0451.